The second kappa shape index (κ2) is 11.0. The van der Waals surface area contributed by atoms with Crippen molar-refractivity contribution >= 4 is 23.8 Å². The van der Waals surface area contributed by atoms with Crippen molar-refractivity contribution in [3.63, 3.8) is 0 Å². The van der Waals surface area contributed by atoms with Gasteiger partial charge in [-0.3, -0.25) is 10.1 Å². The minimum atomic E-state index is -1.17. The SMILES string of the molecule is CC1CCC(C(C)C)C(O/N=C/c2ccc(NC(=O)NC(=O)c3c(F)cccc3F)cc2)C1. The fourth-order valence-corrected chi connectivity index (χ4v) is 4.10. The van der Waals surface area contributed by atoms with Crippen LogP contribution >= 0.6 is 0 Å². The van der Waals surface area contributed by atoms with E-state index in [9.17, 15) is 18.4 Å². The molecule has 3 unspecified atom stereocenters. The molecular weight excluding hydrogens is 428 g/mol. The molecule has 2 N–H and O–H groups in total. The van der Waals surface area contributed by atoms with Crippen molar-refractivity contribution in [1.82, 2.24) is 5.32 Å². The molecule has 3 rings (SSSR count). The molecule has 8 heteroatoms. The van der Waals surface area contributed by atoms with Crippen molar-refractivity contribution in [3.05, 3.63) is 65.2 Å². The number of urea groups is 1. The number of oxime groups is 1. The molecule has 1 saturated carbocycles. The van der Waals surface area contributed by atoms with Gasteiger partial charge in [-0.05, 0) is 54.5 Å². The molecular formula is C25H29F2N3O3. The molecule has 0 bridgehead atoms. The number of benzene rings is 2. The summed E-state index contributed by atoms with van der Waals surface area (Å²) in [5, 5.41) is 8.53. The highest BCUT2D eigenvalue weighted by atomic mass is 19.1. The zero-order valence-electron chi connectivity index (χ0n) is 19.0. The van der Waals surface area contributed by atoms with E-state index in [0.29, 0.717) is 23.4 Å². The second-order valence-corrected chi connectivity index (χ2v) is 8.83. The van der Waals surface area contributed by atoms with Crippen LogP contribution in [0.4, 0.5) is 19.3 Å². The number of carbonyl (C=O) groups is 2. The van der Waals surface area contributed by atoms with Gasteiger partial charge in [0.2, 0.25) is 0 Å². The van der Waals surface area contributed by atoms with E-state index >= 15 is 0 Å². The molecule has 1 aliphatic carbocycles. The van der Waals surface area contributed by atoms with Crippen LogP contribution in [0.25, 0.3) is 0 Å². The fourth-order valence-electron chi connectivity index (χ4n) is 4.10. The summed E-state index contributed by atoms with van der Waals surface area (Å²) in [7, 11) is 0. The molecule has 3 amide bonds. The van der Waals surface area contributed by atoms with E-state index < -0.39 is 29.1 Å². The van der Waals surface area contributed by atoms with Gasteiger partial charge >= 0.3 is 6.03 Å². The van der Waals surface area contributed by atoms with Gasteiger partial charge in [0.25, 0.3) is 5.91 Å². The summed E-state index contributed by atoms with van der Waals surface area (Å²) in [6, 6.07) is 8.81. The maximum absolute atomic E-state index is 13.7. The van der Waals surface area contributed by atoms with Gasteiger partial charge in [0, 0.05) is 11.6 Å². The van der Waals surface area contributed by atoms with E-state index in [2.05, 4.69) is 31.2 Å². The number of halogens is 2. The molecule has 33 heavy (non-hydrogen) atoms. The lowest BCUT2D eigenvalue weighted by Gasteiger charge is -2.35. The first kappa shape index (κ1) is 24.4. The van der Waals surface area contributed by atoms with Gasteiger partial charge in [0.05, 0.1) is 6.21 Å². The average molecular weight is 458 g/mol. The van der Waals surface area contributed by atoms with Gasteiger partial charge in [-0.15, -0.1) is 0 Å². The van der Waals surface area contributed by atoms with Crippen molar-refractivity contribution in [1.29, 1.82) is 0 Å². The van der Waals surface area contributed by atoms with Crippen LogP contribution in [0.1, 0.15) is 56.0 Å². The standard InChI is InChI=1S/C25H29F2N3O3/c1-15(2)19-12-7-16(3)13-22(19)33-28-14-17-8-10-18(11-9-17)29-25(32)30-24(31)23-20(26)5-4-6-21(23)27/h4-6,8-11,14-16,19,22H,7,12-13H2,1-3H3,(H2,29,30,31,32)/b28-14+. The van der Waals surface area contributed by atoms with Crippen molar-refractivity contribution in [2.75, 3.05) is 5.32 Å². The van der Waals surface area contributed by atoms with Crippen molar-refractivity contribution < 1.29 is 23.2 Å². The van der Waals surface area contributed by atoms with E-state index in [-0.39, 0.29) is 6.10 Å². The highest BCUT2D eigenvalue weighted by Crippen LogP contribution is 2.35. The summed E-state index contributed by atoms with van der Waals surface area (Å²) < 4.78 is 27.3. The van der Waals surface area contributed by atoms with Crippen LogP contribution in [0.2, 0.25) is 0 Å². The third kappa shape index (κ3) is 6.60. The summed E-state index contributed by atoms with van der Waals surface area (Å²) in [5.74, 6) is -1.61. The lowest BCUT2D eigenvalue weighted by molar-refractivity contribution is -0.0354. The third-order valence-corrected chi connectivity index (χ3v) is 5.94. The monoisotopic (exact) mass is 457 g/mol. The third-order valence-electron chi connectivity index (χ3n) is 5.94. The molecule has 0 radical (unpaired) electrons. The summed E-state index contributed by atoms with van der Waals surface area (Å²) in [6.07, 6.45) is 5.08. The van der Waals surface area contributed by atoms with Crippen LogP contribution in [0.5, 0.6) is 0 Å². The van der Waals surface area contributed by atoms with E-state index in [1.807, 2.05) is 5.32 Å². The Kier molecular flexibility index (Phi) is 8.14. The van der Waals surface area contributed by atoms with Gasteiger partial charge in [-0.25, -0.2) is 13.6 Å². The number of rotatable bonds is 6. The average Bonchev–Trinajstić information content (AvgIpc) is 2.74. The van der Waals surface area contributed by atoms with Crippen LogP contribution in [0.3, 0.4) is 0 Å². The topological polar surface area (TPSA) is 79.8 Å². The normalized spacial score (nSPS) is 20.6. The van der Waals surface area contributed by atoms with Gasteiger partial charge in [0.15, 0.2) is 0 Å². The minimum Gasteiger partial charge on any atom is -0.392 e. The molecule has 2 aromatic carbocycles. The Labute approximate surface area is 192 Å². The highest BCUT2D eigenvalue weighted by Gasteiger charge is 2.32. The Morgan fingerprint density at radius 3 is 2.39 bits per heavy atom. The molecule has 0 aromatic heterocycles. The highest BCUT2D eigenvalue weighted by molar-refractivity contribution is 6.08. The molecule has 6 nitrogen and oxygen atoms in total. The predicted octanol–water partition coefficient (Wildman–Crippen LogP) is 5.74. The van der Waals surface area contributed by atoms with E-state index in [4.69, 9.17) is 4.84 Å². The zero-order chi connectivity index (χ0) is 24.0. The quantitative estimate of drug-likeness (QED) is 0.429. The molecule has 0 heterocycles. The van der Waals surface area contributed by atoms with Crippen LogP contribution in [-0.2, 0) is 4.84 Å². The van der Waals surface area contributed by atoms with Crippen LogP contribution in [0.15, 0.2) is 47.6 Å². The van der Waals surface area contributed by atoms with E-state index in [1.54, 1.807) is 30.5 Å². The van der Waals surface area contributed by atoms with Crippen molar-refractivity contribution in [2.45, 2.75) is 46.1 Å². The number of anilines is 1. The molecule has 3 atom stereocenters. The maximum atomic E-state index is 13.7. The van der Waals surface area contributed by atoms with E-state index in [0.717, 1.165) is 36.6 Å². The number of carbonyl (C=O) groups excluding carboxylic acids is 2. The summed E-state index contributed by atoms with van der Waals surface area (Å²) in [6.45, 7) is 6.66. The summed E-state index contributed by atoms with van der Waals surface area (Å²) >= 11 is 0. The lowest BCUT2D eigenvalue weighted by Crippen LogP contribution is -2.35. The Bertz CT molecular complexity index is 988. The molecule has 1 fully saturated rings. The number of nitrogens with one attached hydrogen (secondary N) is 2. The molecule has 2 aromatic rings. The van der Waals surface area contributed by atoms with Crippen molar-refractivity contribution in [2.24, 2.45) is 22.9 Å². The van der Waals surface area contributed by atoms with Crippen LogP contribution in [0, 0.1) is 29.4 Å². The number of hydrogen-bond donors (Lipinski definition) is 2. The Morgan fingerprint density at radius 2 is 1.76 bits per heavy atom. The van der Waals surface area contributed by atoms with Gasteiger partial charge in [0.1, 0.15) is 23.3 Å². The fraction of sp³-hybridized carbons (Fsp3) is 0.400. The van der Waals surface area contributed by atoms with E-state index in [1.165, 1.54) is 6.42 Å². The predicted molar refractivity (Wildman–Crippen MR) is 123 cm³/mol. The van der Waals surface area contributed by atoms with Gasteiger partial charge in [-0.1, -0.05) is 50.5 Å². The second-order valence-electron chi connectivity index (χ2n) is 8.83. The molecule has 176 valence electrons. The Balaban J connectivity index is 1.53. The van der Waals surface area contributed by atoms with Crippen molar-refractivity contribution in [3.8, 4) is 0 Å². The minimum absolute atomic E-state index is 0.103. The molecule has 1 aliphatic rings. The number of nitrogens with zero attached hydrogens (tertiary/aromatic N) is 1. The first-order chi connectivity index (χ1) is 15.7. The van der Waals surface area contributed by atoms with Gasteiger partial charge < -0.3 is 10.2 Å². The smallest absolute Gasteiger partial charge is 0.326 e. The largest absolute Gasteiger partial charge is 0.392 e. The summed E-state index contributed by atoms with van der Waals surface area (Å²) in [4.78, 5) is 29.8. The maximum Gasteiger partial charge on any atom is 0.326 e. The first-order valence-corrected chi connectivity index (χ1v) is 11.1. The number of imide groups is 1. The summed E-state index contributed by atoms with van der Waals surface area (Å²) in [5.41, 5.74) is 0.357. The number of hydrogen-bond acceptors (Lipinski definition) is 4. The zero-order valence-corrected chi connectivity index (χ0v) is 19.0. The van der Waals surface area contributed by atoms with Gasteiger partial charge in [-0.2, -0.15) is 0 Å². The molecule has 0 saturated heterocycles. The Hall–Kier alpha value is -3.29. The Morgan fingerprint density at radius 1 is 1.09 bits per heavy atom. The van der Waals surface area contributed by atoms with Crippen LogP contribution in [-0.4, -0.2) is 24.3 Å². The molecule has 0 aliphatic heterocycles. The molecule has 0 spiro atoms. The lowest BCUT2D eigenvalue weighted by atomic mass is 9.75. The van der Waals surface area contributed by atoms with Crippen LogP contribution < -0.4 is 10.6 Å². The first-order valence-electron chi connectivity index (χ1n) is 11.1. The number of amides is 3.